The lowest BCUT2D eigenvalue weighted by molar-refractivity contribution is 0.120. The molecule has 0 radical (unpaired) electrons. The Morgan fingerprint density at radius 3 is 2.79 bits per heavy atom. The Morgan fingerprint density at radius 2 is 2.21 bits per heavy atom. The number of nitrogens with two attached hydrogens (primary N) is 1. The maximum atomic E-state index is 5.80. The third-order valence-corrected chi connectivity index (χ3v) is 2.74. The number of hydrogen-bond donors (Lipinski definition) is 1. The van der Waals surface area contributed by atoms with Gasteiger partial charge in [0.05, 0.1) is 6.10 Å². The van der Waals surface area contributed by atoms with Gasteiger partial charge in [0, 0.05) is 6.04 Å². The highest BCUT2D eigenvalue weighted by molar-refractivity contribution is 5.30. The van der Waals surface area contributed by atoms with Gasteiger partial charge in [0.15, 0.2) is 0 Å². The van der Waals surface area contributed by atoms with E-state index in [1.54, 1.807) is 0 Å². The Morgan fingerprint density at radius 1 is 1.43 bits per heavy atom. The molecular formula is C12H17NO. The molecule has 76 valence electrons. The Hall–Kier alpha value is -1.02. The van der Waals surface area contributed by atoms with E-state index in [1.165, 1.54) is 19.3 Å². The fourth-order valence-corrected chi connectivity index (χ4v) is 1.55. The van der Waals surface area contributed by atoms with E-state index in [0.29, 0.717) is 6.10 Å². The van der Waals surface area contributed by atoms with E-state index in [9.17, 15) is 0 Å². The van der Waals surface area contributed by atoms with Crippen LogP contribution in [-0.2, 0) is 0 Å². The number of benzene rings is 1. The molecule has 0 aliphatic heterocycles. The third kappa shape index (κ3) is 2.07. The highest BCUT2D eigenvalue weighted by Gasteiger charge is 2.18. The molecule has 2 N–H and O–H groups in total. The van der Waals surface area contributed by atoms with Crippen molar-refractivity contribution in [2.24, 2.45) is 5.73 Å². The van der Waals surface area contributed by atoms with Gasteiger partial charge in [-0.15, -0.1) is 0 Å². The SMILES string of the molecule is CC(N)c1cccc(OC2CCC2)c1. The summed E-state index contributed by atoms with van der Waals surface area (Å²) in [5.41, 5.74) is 6.94. The molecule has 14 heavy (non-hydrogen) atoms. The lowest BCUT2D eigenvalue weighted by Gasteiger charge is -2.26. The molecule has 0 heterocycles. The van der Waals surface area contributed by atoms with E-state index in [4.69, 9.17) is 10.5 Å². The van der Waals surface area contributed by atoms with Gasteiger partial charge < -0.3 is 10.5 Å². The molecule has 0 spiro atoms. The van der Waals surface area contributed by atoms with Gasteiger partial charge in [-0.3, -0.25) is 0 Å². The molecule has 1 fully saturated rings. The first kappa shape index (κ1) is 9.53. The van der Waals surface area contributed by atoms with Crippen LogP contribution in [0.15, 0.2) is 24.3 Å². The van der Waals surface area contributed by atoms with Crippen LogP contribution < -0.4 is 10.5 Å². The maximum Gasteiger partial charge on any atom is 0.120 e. The molecule has 0 aromatic heterocycles. The standard InChI is InChI=1S/C12H17NO/c1-9(13)10-4-2-7-12(8-10)14-11-5-3-6-11/h2,4,7-9,11H,3,5-6,13H2,1H3. The minimum Gasteiger partial charge on any atom is -0.490 e. The second-order valence-corrected chi connectivity index (χ2v) is 4.03. The summed E-state index contributed by atoms with van der Waals surface area (Å²) < 4.78 is 5.79. The van der Waals surface area contributed by atoms with Crippen molar-refractivity contribution in [3.8, 4) is 5.75 Å². The number of ether oxygens (including phenoxy) is 1. The smallest absolute Gasteiger partial charge is 0.120 e. The summed E-state index contributed by atoms with van der Waals surface area (Å²) in [6.45, 7) is 1.99. The summed E-state index contributed by atoms with van der Waals surface area (Å²) >= 11 is 0. The predicted octanol–water partition coefficient (Wildman–Crippen LogP) is 2.64. The summed E-state index contributed by atoms with van der Waals surface area (Å²) in [6.07, 6.45) is 4.14. The number of rotatable bonds is 3. The quantitative estimate of drug-likeness (QED) is 0.797. The molecule has 2 rings (SSSR count). The van der Waals surface area contributed by atoms with Crippen molar-refractivity contribution in [2.75, 3.05) is 0 Å². The average molecular weight is 191 g/mol. The Balaban J connectivity index is 2.05. The van der Waals surface area contributed by atoms with E-state index in [-0.39, 0.29) is 6.04 Å². The molecule has 0 saturated heterocycles. The van der Waals surface area contributed by atoms with Crippen LogP contribution in [-0.4, -0.2) is 6.10 Å². The molecule has 1 aliphatic rings. The molecule has 1 saturated carbocycles. The van der Waals surface area contributed by atoms with Crippen LogP contribution in [0.4, 0.5) is 0 Å². The van der Waals surface area contributed by atoms with E-state index in [2.05, 4.69) is 0 Å². The lowest BCUT2D eigenvalue weighted by Crippen LogP contribution is -2.24. The summed E-state index contributed by atoms with van der Waals surface area (Å²) in [5, 5.41) is 0. The lowest BCUT2D eigenvalue weighted by atomic mass is 9.96. The summed E-state index contributed by atoms with van der Waals surface area (Å²) in [5.74, 6) is 0.963. The van der Waals surface area contributed by atoms with Crippen LogP contribution in [0.1, 0.15) is 37.8 Å². The first-order valence-electron chi connectivity index (χ1n) is 5.28. The Kier molecular flexibility index (Phi) is 2.73. The molecular weight excluding hydrogens is 174 g/mol. The van der Waals surface area contributed by atoms with Crippen molar-refractivity contribution in [1.29, 1.82) is 0 Å². The van der Waals surface area contributed by atoms with Gasteiger partial charge in [0.25, 0.3) is 0 Å². The minimum absolute atomic E-state index is 0.0833. The van der Waals surface area contributed by atoms with Gasteiger partial charge in [0.2, 0.25) is 0 Å². The van der Waals surface area contributed by atoms with Crippen molar-refractivity contribution in [3.05, 3.63) is 29.8 Å². The van der Waals surface area contributed by atoms with E-state index in [1.807, 2.05) is 31.2 Å². The number of hydrogen-bond acceptors (Lipinski definition) is 2. The minimum atomic E-state index is 0.0833. The molecule has 1 atom stereocenters. The van der Waals surface area contributed by atoms with Crippen molar-refractivity contribution < 1.29 is 4.74 Å². The molecule has 2 heteroatoms. The normalized spacial score (nSPS) is 18.7. The van der Waals surface area contributed by atoms with Crippen molar-refractivity contribution in [2.45, 2.75) is 38.3 Å². The van der Waals surface area contributed by atoms with Gasteiger partial charge in [-0.2, -0.15) is 0 Å². The summed E-state index contributed by atoms with van der Waals surface area (Å²) in [6, 6.07) is 8.18. The molecule has 2 nitrogen and oxygen atoms in total. The van der Waals surface area contributed by atoms with Crippen LogP contribution in [0.2, 0.25) is 0 Å². The zero-order valence-electron chi connectivity index (χ0n) is 8.57. The van der Waals surface area contributed by atoms with Crippen LogP contribution in [0.5, 0.6) is 5.75 Å². The Labute approximate surface area is 85.1 Å². The molecule has 1 unspecified atom stereocenters. The van der Waals surface area contributed by atoms with Crippen molar-refractivity contribution in [1.82, 2.24) is 0 Å². The second kappa shape index (κ2) is 4.01. The van der Waals surface area contributed by atoms with Crippen LogP contribution >= 0.6 is 0 Å². The van der Waals surface area contributed by atoms with Gasteiger partial charge in [-0.05, 0) is 43.9 Å². The van der Waals surface area contributed by atoms with Gasteiger partial charge in [-0.1, -0.05) is 12.1 Å². The summed E-state index contributed by atoms with van der Waals surface area (Å²) in [7, 11) is 0. The summed E-state index contributed by atoms with van der Waals surface area (Å²) in [4.78, 5) is 0. The molecule has 1 aromatic carbocycles. The predicted molar refractivity (Wildman–Crippen MR) is 57.3 cm³/mol. The fraction of sp³-hybridized carbons (Fsp3) is 0.500. The highest BCUT2D eigenvalue weighted by atomic mass is 16.5. The zero-order chi connectivity index (χ0) is 9.97. The van der Waals surface area contributed by atoms with E-state index in [0.717, 1.165) is 11.3 Å². The maximum absolute atomic E-state index is 5.80. The van der Waals surface area contributed by atoms with Crippen molar-refractivity contribution >= 4 is 0 Å². The third-order valence-electron chi connectivity index (χ3n) is 2.74. The van der Waals surface area contributed by atoms with E-state index >= 15 is 0 Å². The zero-order valence-corrected chi connectivity index (χ0v) is 8.57. The fourth-order valence-electron chi connectivity index (χ4n) is 1.55. The highest BCUT2D eigenvalue weighted by Crippen LogP contribution is 2.26. The second-order valence-electron chi connectivity index (χ2n) is 4.03. The monoisotopic (exact) mass is 191 g/mol. The van der Waals surface area contributed by atoms with Crippen LogP contribution in [0.25, 0.3) is 0 Å². The van der Waals surface area contributed by atoms with Crippen LogP contribution in [0, 0.1) is 0 Å². The molecule has 0 amide bonds. The molecule has 0 bridgehead atoms. The average Bonchev–Trinajstić information content (AvgIpc) is 2.12. The van der Waals surface area contributed by atoms with Gasteiger partial charge in [-0.25, -0.2) is 0 Å². The topological polar surface area (TPSA) is 35.2 Å². The molecule has 1 aromatic rings. The van der Waals surface area contributed by atoms with Crippen LogP contribution in [0.3, 0.4) is 0 Å². The first-order valence-corrected chi connectivity index (χ1v) is 5.28. The van der Waals surface area contributed by atoms with E-state index < -0.39 is 0 Å². The first-order chi connectivity index (χ1) is 6.75. The largest absolute Gasteiger partial charge is 0.490 e. The van der Waals surface area contributed by atoms with Gasteiger partial charge >= 0.3 is 0 Å². The van der Waals surface area contributed by atoms with Gasteiger partial charge in [0.1, 0.15) is 5.75 Å². The van der Waals surface area contributed by atoms with Crippen molar-refractivity contribution in [3.63, 3.8) is 0 Å². The molecule has 1 aliphatic carbocycles. The Bertz CT molecular complexity index is 305.